The van der Waals surface area contributed by atoms with Crippen LogP contribution in [0.4, 0.5) is 23.4 Å². The van der Waals surface area contributed by atoms with E-state index in [0.717, 1.165) is 0 Å². The molecule has 27 heavy (non-hydrogen) atoms. The molecule has 0 spiro atoms. The Morgan fingerprint density at radius 2 is 1.93 bits per heavy atom. The van der Waals surface area contributed by atoms with E-state index in [4.69, 9.17) is 0 Å². The average molecular weight is 380 g/mol. The molecule has 142 valence electrons. The lowest BCUT2D eigenvalue weighted by Gasteiger charge is -2.18. The van der Waals surface area contributed by atoms with Crippen molar-refractivity contribution in [1.82, 2.24) is 24.7 Å². The Balaban J connectivity index is 1.54. The molecule has 0 amide bonds. The zero-order chi connectivity index (χ0) is 19.0. The first-order chi connectivity index (χ1) is 12.9. The highest BCUT2D eigenvalue weighted by Crippen LogP contribution is 2.23. The van der Waals surface area contributed by atoms with Crippen molar-refractivity contribution in [2.75, 3.05) is 25.0 Å². The second kappa shape index (κ2) is 6.76. The number of hydrogen-bond donors (Lipinski definition) is 1. The van der Waals surface area contributed by atoms with E-state index in [-0.39, 0.29) is 24.0 Å². The van der Waals surface area contributed by atoms with E-state index in [0.29, 0.717) is 24.4 Å². The summed E-state index contributed by atoms with van der Waals surface area (Å²) >= 11 is 0. The molecule has 1 aliphatic heterocycles. The van der Waals surface area contributed by atoms with Crippen LogP contribution in [0, 0.1) is 5.82 Å². The highest BCUT2D eigenvalue weighted by Gasteiger charge is 2.34. The zero-order valence-electron chi connectivity index (χ0n) is 14.1. The van der Waals surface area contributed by atoms with E-state index in [1.807, 2.05) is 0 Å². The summed E-state index contributed by atoms with van der Waals surface area (Å²) in [4.78, 5) is 1.36. The first-order valence-corrected chi connectivity index (χ1v) is 8.42. The van der Waals surface area contributed by atoms with Gasteiger partial charge in [0.1, 0.15) is 11.6 Å². The topological polar surface area (TPSA) is 58.4 Å². The summed E-state index contributed by atoms with van der Waals surface area (Å²) in [7, 11) is 0. The second-order valence-electron chi connectivity index (χ2n) is 6.47. The summed E-state index contributed by atoms with van der Waals surface area (Å²) in [5.41, 5.74) is 0.718. The highest BCUT2D eigenvalue weighted by molar-refractivity contribution is 5.60. The lowest BCUT2D eigenvalue weighted by molar-refractivity contribution is -0.143. The molecule has 3 aromatic rings. The quantitative estimate of drug-likeness (QED) is 0.706. The van der Waals surface area contributed by atoms with Gasteiger partial charge in [0.15, 0.2) is 11.5 Å². The van der Waals surface area contributed by atoms with Crippen molar-refractivity contribution in [2.24, 2.45) is 0 Å². The number of nitrogens with one attached hydrogen (secondary N) is 1. The maximum Gasteiger partial charge on any atom is 0.401 e. The van der Waals surface area contributed by atoms with E-state index < -0.39 is 18.5 Å². The molecule has 1 aliphatic rings. The Labute approximate surface area is 151 Å². The monoisotopic (exact) mass is 380 g/mol. The van der Waals surface area contributed by atoms with Crippen LogP contribution in [0.1, 0.15) is 6.42 Å². The molecule has 3 heterocycles. The fourth-order valence-corrected chi connectivity index (χ4v) is 3.23. The molecule has 6 nitrogen and oxygen atoms in total. The predicted octanol–water partition coefficient (Wildman–Crippen LogP) is 2.98. The molecule has 0 saturated carbocycles. The number of rotatable bonds is 4. The Hall–Kier alpha value is -2.75. The number of aromatic nitrogens is 4. The van der Waals surface area contributed by atoms with Crippen LogP contribution in [0.2, 0.25) is 0 Å². The van der Waals surface area contributed by atoms with Crippen molar-refractivity contribution < 1.29 is 17.6 Å². The third-order valence-corrected chi connectivity index (χ3v) is 4.40. The molecule has 0 unspecified atom stereocenters. The van der Waals surface area contributed by atoms with Gasteiger partial charge in [-0.25, -0.2) is 4.39 Å². The van der Waals surface area contributed by atoms with Crippen LogP contribution in [0.5, 0.6) is 0 Å². The van der Waals surface area contributed by atoms with Crippen LogP contribution in [-0.2, 0) is 0 Å². The van der Waals surface area contributed by atoms with Gasteiger partial charge in [0.05, 0.1) is 12.1 Å². The molecule has 1 saturated heterocycles. The Morgan fingerprint density at radius 1 is 1.11 bits per heavy atom. The highest BCUT2D eigenvalue weighted by atomic mass is 19.4. The number of likely N-dealkylation sites (tertiary alicyclic amines) is 1. The van der Waals surface area contributed by atoms with Gasteiger partial charge < -0.3 is 5.32 Å². The van der Waals surface area contributed by atoms with Crippen LogP contribution >= 0.6 is 0 Å². The molecule has 0 radical (unpaired) electrons. The van der Waals surface area contributed by atoms with Crippen LogP contribution in [0.25, 0.3) is 17.0 Å². The van der Waals surface area contributed by atoms with Crippen molar-refractivity contribution in [2.45, 2.75) is 18.6 Å². The normalized spacial score (nSPS) is 18.3. The van der Waals surface area contributed by atoms with Gasteiger partial charge in [-0.15, -0.1) is 15.3 Å². The Kier molecular flexibility index (Phi) is 4.42. The summed E-state index contributed by atoms with van der Waals surface area (Å²) in [6.45, 7) is -0.269. The standard InChI is InChI=1S/C17H16F4N6/c18-13-4-2-1-3-12(13)16-24-23-15-6-5-14(25-27(15)16)22-11-7-8-26(9-11)10-17(19,20)21/h1-6,11H,7-10H2,(H,22,25)/t11-/m0/s1. The summed E-state index contributed by atoms with van der Waals surface area (Å²) in [6, 6.07) is 9.39. The van der Waals surface area contributed by atoms with E-state index >= 15 is 0 Å². The molecule has 4 rings (SSSR count). The van der Waals surface area contributed by atoms with Crippen molar-refractivity contribution in [3.63, 3.8) is 0 Å². The smallest absolute Gasteiger partial charge is 0.365 e. The Bertz CT molecular complexity index is 954. The van der Waals surface area contributed by atoms with Gasteiger partial charge in [-0.2, -0.15) is 17.7 Å². The molecule has 2 aromatic heterocycles. The first kappa shape index (κ1) is 17.7. The minimum atomic E-state index is -4.21. The van der Waals surface area contributed by atoms with Crippen molar-refractivity contribution >= 4 is 11.5 Å². The van der Waals surface area contributed by atoms with Crippen molar-refractivity contribution in [3.05, 3.63) is 42.2 Å². The van der Waals surface area contributed by atoms with E-state index in [1.165, 1.54) is 15.5 Å². The number of anilines is 1. The lowest BCUT2D eigenvalue weighted by atomic mass is 10.2. The number of fused-ring (bicyclic) bond motifs is 1. The van der Waals surface area contributed by atoms with Crippen molar-refractivity contribution in [1.29, 1.82) is 0 Å². The summed E-state index contributed by atoms with van der Waals surface area (Å²) in [6.07, 6.45) is -3.62. The molecule has 1 aromatic carbocycles. The minimum Gasteiger partial charge on any atom is -0.365 e. The molecular weight excluding hydrogens is 364 g/mol. The molecule has 1 N–H and O–H groups in total. The van der Waals surface area contributed by atoms with Crippen molar-refractivity contribution in [3.8, 4) is 11.4 Å². The number of halogens is 4. The maximum absolute atomic E-state index is 14.1. The number of nitrogens with zero attached hydrogens (tertiary/aromatic N) is 5. The summed E-state index contributed by atoms with van der Waals surface area (Å²) < 4.78 is 53.0. The Morgan fingerprint density at radius 3 is 2.70 bits per heavy atom. The molecule has 0 aliphatic carbocycles. The van der Waals surface area contributed by atoms with E-state index in [2.05, 4.69) is 20.6 Å². The molecule has 0 bridgehead atoms. The summed E-state index contributed by atoms with van der Waals surface area (Å²) in [5, 5.41) is 15.5. The largest absolute Gasteiger partial charge is 0.401 e. The van der Waals surface area contributed by atoms with E-state index in [1.54, 1.807) is 30.3 Å². The van der Waals surface area contributed by atoms with Crippen LogP contribution in [0.15, 0.2) is 36.4 Å². The lowest BCUT2D eigenvalue weighted by Crippen LogP contribution is -2.34. The van der Waals surface area contributed by atoms with Gasteiger partial charge in [-0.05, 0) is 30.7 Å². The molecular formula is C17H16F4N6. The van der Waals surface area contributed by atoms with Gasteiger partial charge in [-0.3, -0.25) is 4.90 Å². The summed E-state index contributed by atoms with van der Waals surface area (Å²) in [5.74, 6) is 0.293. The van der Waals surface area contributed by atoms with Gasteiger partial charge in [-0.1, -0.05) is 12.1 Å². The maximum atomic E-state index is 14.1. The first-order valence-electron chi connectivity index (χ1n) is 8.42. The fourth-order valence-electron chi connectivity index (χ4n) is 3.23. The number of alkyl halides is 3. The predicted molar refractivity (Wildman–Crippen MR) is 90.7 cm³/mol. The second-order valence-corrected chi connectivity index (χ2v) is 6.47. The van der Waals surface area contributed by atoms with Gasteiger partial charge in [0.25, 0.3) is 0 Å². The SMILES string of the molecule is Fc1ccccc1-c1nnc2ccc(N[C@H]3CCN(CC(F)(F)F)C3)nn12. The van der Waals surface area contributed by atoms with Crippen LogP contribution in [-0.4, -0.2) is 56.6 Å². The zero-order valence-corrected chi connectivity index (χ0v) is 14.1. The third-order valence-electron chi connectivity index (χ3n) is 4.40. The minimum absolute atomic E-state index is 0.148. The van der Waals surface area contributed by atoms with E-state index in [9.17, 15) is 17.6 Å². The van der Waals surface area contributed by atoms with Crippen LogP contribution in [0.3, 0.4) is 0 Å². The molecule has 1 fully saturated rings. The van der Waals surface area contributed by atoms with Crippen LogP contribution < -0.4 is 5.32 Å². The number of benzene rings is 1. The van der Waals surface area contributed by atoms with Gasteiger partial charge in [0.2, 0.25) is 0 Å². The molecule has 1 atom stereocenters. The fraction of sp³-hybridized carbons (Fsp3) is 0.353. The number of hydrogen-bond acceptors (Lipinski definition) is 5. The van der Waals surface area contributed by atoms with Gasteiger partial charge in [0, 0.05) is 19.1 Å². The third kappa shape index (κ3) is 3.85. The van der Waals surface area contributed by atoms with Gasteiger partial charge >= 0.3 is 6.18 Å². The molecule has 10 heteroatoms. The average Bonchev–Trinajstić information content (AvgIpc) is 3.20.